The summed E-state index contributed by atoms with van der Waals surface area (Å²) in [6, 6.07) is 17.3. The largest absolute Gasteiger partial charge is 0.451 e. The van der Waals surface area contributed by atoms with E-state index in [9.17, 15) is 4.79 Å². The van der Waals surface area contributed by atoms with Gasteiger partial charge in [-0.1, -0.05) is 30.3 Å². The third kappa shape index (κ3) is 2.93. The fourth-order valence-electron chi connectivity index (χ4n) is 3.35. The predicted octanol–water partition coefficient (Wildman–Crippen LogP) is 5.03. The Morgan fingerprint density at radius 2 is 2.04 bits per heavy atom. The van der Waals surface area contributed by atoms with Gasteiger partial charge in [0.25, 0.3) is 5.91 Å². The first-order valence-corrected chi connectivity index (χ1v) is 8.92. The highest BCUT2D eigenvalue weighted by atomic mass is 16.4. The smallest absolute Gasteiger partial charge is 0.291 e. The number of nitrogens with zero attached hydrogens (tertiary/aromatic N) is 1. The number of amides is 1. The van der Waals surface area contributed by atoms with E-state index in [1.165, 1.54) is 0 Å². The second-order valence-electron chi connectivity index (χ2n) is 6.58. The number of nitrogens with one attached hydrogen (secondary N) is 2. The highest BCUT2D eigenvalue weighted by Crippen LogP contribution is 2.25. The van der Waals surface area contributed by atoms with Crippen molar-refractivity contribution in [2.75, 3.05) is 5.32 Å². The molecule has 1 amide bonds. The summed E-state index contributed by atoms with van der Waals surface area (Å²) >= 11 is 0. The molecule has 0 radical (unpaired) electrons. The summed E-state index contributed by atoms with van der Waals surface area (Å²) in [6.45, 7) is 0. The summed E-state index contributed by atoms with van der Waals surface area (Å²) in [7, 11) is 0. The third-order valence-corrected chi connectivity index (χ3v) is 4.70. The lowest BCUT2D eigenvalue weighted by Crippen LogP contribution is -2.10. The number of aromatic amines is 1. The van der Waals surface area contributed by atoms with Crippen molar-refractivity contribution in [2.45, 2.75) is 12.8 Å². The topological polar surface area (TPSA) is 70.9 Å². The molecule has 4 aromatic rings. The molecular formula is C22H17N3O2. The van der Waals surface area contributed by atoms with E-state index in [-0.39, 0.29) is 5.91 Å². The van der Waals surface area contributed by atoms with Crippen molar-refractivity contribution >= 4 is 28.7 Å². The third-order valence-electron chi connectivity index (χ3n) is 4.70. The van der Waals surface area contributed by atoms with E-state index in [2.05, 4.69) is 21.4 Å². The van der Waals surface area contributed by atoms with E-state index < -0.39 is 0 Å². The minimum atomic E-state index is -0.250. The Balaban J connectivity index is 1.41. The number of carbonyl (C=O) groups excluding carboxylic acids is 1. The van der Waals surface area contributed by atoms with E-state index in [1.54, 1.807) is 0 Å². The number of benzene rings is 2. The molecule has 0 saturated carbocycles. The van der Waals surface area contributed by atoms with Crippen LogP contribution >= 0.6 is 0 Å². The van der Waals surface area contributed by atoms with E-state index >= 15 is 0 Å². The second kappa shape index (κ2) is 6.29. The molecular weight excluding hydrogens is 338 g/mol. The summed E-state index contributed by atoms with van der Waals surface area (Å²) in [5.74, 6) is 1.63. The molecule has 2 aromatic heterocycles. The van der Waals surface area contributed by atoms with Crippen molar-refractivity contribution in [1.82, 2.24) is 9.97 Å². The molecule has 2 heterocycles. The number of rotatable bonds is 3. The molecule has 0 aliphatic heterocycles. The molecule has 0 spiro atoms. The summed E-state index contributed by atoms with van der Waals surface area (Å²) in [5.41, 5.74) is 4.58. The number of imidazole rings is 1. The number of carbonyl (C=O) groups is 1. The summed E-state index contributed by atoms with van der Waals surface area (Å²) < 4.78 is 5.68. The van der Waals surface area contributed by atoms with Crippen LogP contribution in [-0.2, 0) is 6.42 Å². The Labute approximate surface area is 155 Å². The molecule has 1 aliphatic carbocycles. The van der Waals surface area contributed by atoms with Crippen LogP contribution in [0.25, 0.3) is 28.5 Å². The van der Waals surface area contributed by atoms with E-state index in [4.69, 9.17) is 4.42 Å². The van der Waals surface area contributed by atoms with Gasteiger partial charge in [0.1, 0.15) is 11.6 Å². The van der Waals surface area contributed by atoms with Crippen molar-refractivity contribution in [3.63, 3.8) is 0 Å². The van der Waals surface area contributed by atoms with Gasteiger partial charge in [-0.25, -0.2) is 4.98 Å². The minimum absolute atomic E-state index is 0.250. The monoisotopic (exact) mass is 355 g/mol. The number of aryl methyl sites for hydroxylation is 1. The highest BCUT2D eigenvalue weighted by Gasteiger charge is 2.17. The zero-order valence-corrected chi connectivity index (χ0v) is 14.5. The van der Waals surface area contributed by atoms with Crippen molar-refractivity contribution < 1.29 is 9.21 Å². The quantitative estimate of drug-likeness (QED) is 0.541. The van der Waals surface area contributed by atoms with Crippen LogP contribution in [-0.4, -0.2) is 15.9 Å². The summed E-state index contributed by atoms with van der Waals surface area (Å²) in [6.07, 6.45) is 5.87. The van der Waals surface area contributed by atoms with Gasteiger partial charge in [-0.15, -0.1) is 0 Å². The Morgan fingerprint density at radius 1 is 1.11 bits per heavy atom. The number of para-hydroxylation sites is 2. The van der Waals surface area contributed by atoms with Gasteiger partial charge in [0.05, 0.1) is 11.0 Å². The Bertz CT molecular complexity index is 1150. The highest BCUT2D eigenvalue weighted by molar-refractivity contribution is 6.03. The van der Waals surface area contributed by atoms with Crippen LogP contribution in [0.3, 0.4) is 0 Å². The molecule has 0 bridgehead atoms. The van der Waals surface area contributed by atoms with Crippen LogP contribution in [0.5, 0.6) is 0 Å². The molecule has 5 rings (SSSR count). The Morgan fingerprint density at radius 3 is 2.93 bits per heavy atom. The maximum absolute atomic E-state index is 12.6. The molecule has 0 atom stereocenters. The van der Waals surface area contributed by atoms with Crippen LogP contribution in [0.1, 0.15) is 28.3 Å². The molecule has 5 heteroatoms. The first-order chi connectivity index (χ1) is 13.3. The number of fused-ring (bicyclic) bond motifs is 2. The zero-order valence-electron chi connectivity index (χ0n) is 14.5. The summed E-state index contributed by atoms with van der Waals surface area (Å²) in [4.78, 5) is 20.5. The molecule has 0 fully saturated rings. The number of anilines is 1. The van der Waals surface area contributed by atoms with Crippen molar-refractivity contribution in [3.8, 4) is 11.4 Å². The van der Waals surface area contributed by atoms with Gasteiger partial charge in [0, 0.05) is 11.3 Å². The SMILES string of the molecule is O=C(Nc1cccc(-c2nc3ccccc3[nH]2)c1)c1cc2c(o1)C=CCC2. The average molecular weight is 355 g/mol. The van der Waals surface area contributed by atoms with Gasteiger partial charge in [0.15, 0.2) is 5.76 Å². The maximum Gasteiger partial charge on any atom is 0.291 e. The van der Waals surface area contributed by atoms with Crippen LogP contribution in [0, 0.1) is 0 Å². The summed E-state index contributed by atoms with van der Waals surface area (Å²) in [5, 5.41) is 2.91. The Kier molecular flexibility index (Phi) is 3.64. The van der Waals surface area contributed by atoms with Crippen molar-refractivity contribution in [2.24, 2.45) is 0 Å². The second-order valence-corrected chi connectivity index (χ2v) is 6.58. The molecule has 27 heavy (non-hydrogen) atoms. The molecule has 1 aliphatic rings. The van der Waals surface area contributed by atoms with Crippen molar-refractivity contribution in [3.05, 3.63) is 77.8 Å². The number of H-pyrrole nitrogens is 1. The van der Waals surface area contributed by atoms with Crippen LogP contribution in [0.4, 0.5) is 5.69 Å². The van der Waals surface area contributed by atoms with E-state index in [0.29, 0.717) is 11.4 Å². The molecule has 2 N–H and O–H groups in total. The molecule has 0 unspecified atom stereocenters. The zero-order chi connectivity index (χ0) is 18.2. The minimum Gasteiger partial charge on any atom is -0.451 e. The number of allylic oxidation sites excluding steroid dienone is 1. The Hall–Kier alpha value is -3.60. The van der Waals surface area contributed by atoms with Crippen LogP contribution in [0.2, 0.25) is 0 Å². The molecule has 5 nitrogen and oxygen atoms in total. The van der Waals surface area contributed by atoms with Crippen LogP contribution < -0.4 is 5.32 Å². The van der Waals surface area contributed by atoms with Gasteiger partial charge < -0.3 is 14.7 Å². The normalized spacial score (nSPS) is 12.9. The van der Waals surface area contributed by atoms with Gasteiger partial charge in [0.2, 0.25) is 0 Å². The maximum atomic E-state index is 12.6. The standard InChI is InChI=1S/C22H17N3O2/c26-22(20-13-14-6-1-4-11-19(14)27-20)23-16-8-5-7-15(12-16)21-24-17-9-2-3-10-18(17)25-21/h2-5,7-13H,1,6H2,(H,23,26)(H,24,25). The molecule has 132 valence electrons. The van der Waals surface area contributed by atoms with Gasteiger partial charge in [-0.05, 0) is 54.8 Å². The first kappa shape index (κ1) is 15.6. The number of hydrogen-bond acceptors (Lipinski definition) is 3. The first-order valence-electron chi connectivity index (χ1n) is 8.92. The van der Waals surface area contributed by atoms with Gasteiger partial charge >= 0.3 is 0 Å². The lowest BCUT2D eigenvalue weighted by molar-refractivity contribution is 0.0996. The molecule has 0 saturated heterocycles. The predicted molar refractivity (Wildman–Crippen MR) is 106 cm³/mol. The fraction of sp³-hybridized carbons (Fsp3) is 0.0909. The lowest BCUT2D eigenvalue weighted by atomic mass is 10.1. The van der Waals surface area contributed by atoms with E-state index in [0.717, 1.165) is 46.6 Å². The number of furan rings is 1. The lowest BCUT2D eigenvalue weighted by Gasteiger charge is -2.05. The number of aromatic nitrogens is 2. The fourth-order valence-corrected chi connectivity index (χ4v) is 3.35. The van der Waals surface area contributed by atoms with E-state index in [1.807, 2.05) is 60.7 Å². The van der Waals surface area contributed by atoms with Gasteiger partial charge in [-0.2, -0.15) is 0 Å². The average Bonchev–Trinajstić information content (AvgIpc) is 3.32. The molecule has 2 aromatic carbocycles. The van der Waals surface area contributed by atoms with Gasteiger partial charge in [-0.3, -0.25) is 4.79 Å². The number of hydrogen-bond donors (Lipinski definition) is 2. The van der Waals surface area contributed by atoms with Crippen LogP contribution in [0.15, 0.2) is 65.1 Å². The van der Waals surface area contributed by atoms with Crippen molar-refractivity contribution in [1.29, 1.82) is 0 Å².